The van der Waals surface area contributed by atoms with Crippen molar-refractivity contribution in [2.24, 2.45) is 11.3 Å². The summed E-state index contributed by atoms with van der Waals surface area (Å²) in [6.45, 7) is 5.72. The smallest absolute Gasteiger partial charge is 0.330 e. The predicted molar refractivity (Wildman–Crippen MR) is 96.5 cm³/mol. The van der Waals surface area contributed by atoms with E-state index in [1.54, 1.807) is 13.8 Å². The van der Waals surface area contributed by atoms with Gasteiger partial charge >= 0.3 is 5.97 Å². The van der Waals surface area contributed by atoms with Crippen LogP contribution < -0.4 is 10.6 Å². The Morgan fingerprint density at radius 1 is 1.12 bits per heavy atom. The Morgan fingerprint density at radius 3 is 2.31 bits per heavy atom. The Hall–Kier alpha value is -1.63. The minimum Gasteiger partial charge on any atom is -0.479 e. The number of aliphatic carboxylic acids is 1. The Morgan fingerprint density at radius 2 is 1.77 bits per heavy atom. The van der Waals surface area contributed by atoms with E-state index in [0.717, 1.165) is 25.7 Å². The van der Waals surface area contributed by atoms with Crippen molar-refractivity contribution in [3.05, 3.63) is 0 Å². The van der Waals surface area contributed by atoms with Gasteiger partial charge in [0.1, 0.15) is 5.54 Å². The molecular weight excluding hydrogens is 336 g/mol. The number of carboxylic acid groups (broad SMARTS) is 1. The van der Waals surface area contributed by atoms with E-state index in [2.05, 4.69) is 10.6 Å². The molecule has 0 aromatic rings. The van der Waals surface area contributed by atoms with Gasteiger partial charge < -0.3 is 20.5 Å². The van der Waals surface area contributed by atoms with Crippen molar-refractivity contribution in [3.63, 3.8) is 0 Å². The van der Waals surface area contributed by atoms with Crippen molar-refractivity contribution in [2.75, 3.05) is 13.2 Å². The van der Waals surface area contributed by atoms with Crippen molar-refractivity contribution in [2.45, 2.75) is 77.4 Å². The van der Waals surface area contributed by atoms with Crippen LogP contribution in [0.25, 0.3) is 0 Å². The molecule has 0 heterocycles. The van der Waals surface area contributed by atoms with E-state index >= 15 is 0 Å². The van der Waals surface area contributed by atoms with Crippen molar-refractivity contribution in [1.29, 1.82) is 0 Å². The highest BCUT2D eigenvalue weighted by Gasteiger charge is 2.66. The average molecular weight is 368 g/mol. The number of ether oxygens (including phenoxy) is 1. The summed E-state index contributed by atoms with van der Waals surface area (Å²) >= 11 is 0. The lowest BCUT2D eigenvalue weighted by molar-refractivity contribution is -0.194. The fourth-order valence-electron chi connectivity index (χ4n) is 4.22. The molecule has 2 amide bonds. The topological polar surface area (TPSA) is 105 Å². The van der Waals surface area contributed by atoms with Gasteiger partial charge in [-0.2, -0.15) is 0 Å². The van der Waals surface area contributed by atoms with Crippen LogP contribution in [-0.4, -0.2) is 47.7 Å². The van der Waals surface area contributed by atoms with Gasteiger partial charge in [0.2, 0.25) is 11.8 Å². The van der Waals surface area contributed by atoms with E-state index in [9.17, 15) is 19.5 Å². The quantitative estimate of drug-likeness (QED) is 0.606. The number of amides is 2. The van der Waals surface area contributed by atoms with Crippen LogP contribution in [0.1, 0.15) is 65.7 Å². The first-order chi connectivity index (χ1) is 12.2. The number of hydrogen-bond acceptors (Lipinski definition) is 4. The molecule has 7 nitrogen and oxygen atoms in total. The van der Waals surface area contributed by atoms with Crippen LogP contribution in [0.5, 0.6) is 0 Å². The zero-order chi connectivity index (χ0) is 19.4. The van der Waals surface area contributed by atoms with Crippen molar-refractivity contribution in [3.8, 4) is 0 Å². The molecule has 2 rings (SSSR count). The molecule has 26 heavy (non-hydrogen) atoms. The third kappa shape index (κ3) is 4.19. The zero-order valence-corrected chi connectivity index (χ0v) is 16.1. The first-order valence-electron chi connectivity index (χ1n) is 9.65. The third-order valence-corrected chi connectivity index (χ3v) is 6.13. The maximum atomic E-state index is 12.3. The summed E-state index contributed by atoms with van der Waals surface area (Å²) in [7, 11) is 0. The number of carbonyl (C=O) groups is 3. The molecule has 2 saturated carbocycles. The summed E-state index contributed by atoms with van der Waals surface area (Å²) in [5.74, 6) is -1.29. The monoisotopic (exact) mass is 368 g/mol. The lowest BCUT2D eigenvalue weighted by Gasteiger charge is -2.58. The van der Waals surface area contributed by atoms with Crippen molar-refractivity contribution < 1.29 is 24.2 Å². The van der Waals surface area contributed by atoms with Crippen LogP contribution in [-0.2, 0) is 19.1 Å². The molecule has 2 unspecified atom stereocenters. The van der Waals surface area contributed by atoms with Gasteiger partial charge in [0.15, 0.2) is 0 Å². The van der Waals surface area contributed by atoms with Gasteiger partial charge in [0.05, 0.1) is 12.6 Å². The molecule has 148 valence electrons. The van der Waals surface area contributed by atoms with Crippen LogP contribution in [0, 0.1) is 11.3 Å². The molecule has 7 heteroatoms. The summed E-state index contributed by atoms with van der Waals surface area (Å²) in [5, 5.41) is 15.0. The molecular formula is C19H32N2O5. The Balaban J connectivity index is 1.85. The highest BCUT2D eigenvalue weighted by atomic mass is 16.5. The van der Waals surface area contributed by atoms with Crippen LogP contribution in [0.3, 0.4) is 0 Å². The maximum Gasteiger partial charge on any atom is 0.330 e. The second-order valence-electron chi connectivity index (χ2n) is 8.11. The van der Waals surface area contributed by atoms with Gasteiger partial charge in [0.25, 0.3) is 0 Å². The predicted octanol–water partition coefficient (Wildman–Crippen LogP) is 1.85. The molecule has 0 aromatic heterocycles. The van der Waals surface area contributed by atoms with Crippen LogP contribution in [0.4, 0.5) is 0 Å². The lowest BCUT2D eigenvalue weighted by atomic mass is 9.54. The SMILES string of the molecule is CCOC1CC(NC(=O)CNC(=O)CC2CCCCC2)(C(=O)O)C1(C)C. The molecule has 0 bridgehead atoms. The number of nitrogens with one attached hydrogen (secondary N) is 2. The molecule has 0 saturated heterocycles. The number of rotatable bonds is 8. The van der Waals surface area contributed by atoms with E-state index in [0.29, 0.717) is 18.9 Å². The summed E-state index contributed by atoms with van der Waals surface area (Å²) in [5.41, 5.74) is -2.09. The molecule has 0 aliphatic heterocycles. The molecule has 2 aliphatic rings. The van der Waals surface area contributed by atoms with Gasteiger partial charge in [-0.1, -0.05) is 33.1 Å². The average Bonchev–Trinajstić information content (AvgIpc) is 2.59. The Labute approximate surface area is 155 Å². The molecule has 2 aliphatic carbocycles. The van der Waals surface area contributed by atoms with Gasteiger partial charge in [-0.15, -0.1) is 0 Å². The highest BCUT2D eigenvalue weighted by molar-refractivity contribution is 5.91. The van der Waals surface area contributed by atoms with Gasteiger partial charge in [-0.25, -0.2) is 4.79 Å². The van der Waals surface area contributed by atoms with E-state index in [4.69, 9.17) is 4.74 Å². The second kappa shape index (κ2) is 8.37. The van der Waals surface area contributed by atoms with Gasteiger partial charge in [0, 0.05) is 24.9 Å². The standard InChI is InChI=1S/C19H32N2O5/c1-4-26-14-11-19(17(24)25,18(14,2)3)21-16(23)12-20-15(22)10-13-8-6-5-7-9-13/h13-14H,4-12H2,1-3H3,(H,20,22)(H,21,23)(H,24,25). The van der Waals surface area contributed by atoms with Crippen molar-refractivity contribution in [1.82, 2.24) is 10.6 Å². The third-order valence-electron chi connectivity index (χ3n) is 6.13. The normalized spacial score (nSPS) is 28.0. The fraction of sp³-hybridized carbons (Fsp3) is 0.842. The summed E-state index contributed by atoms with van der Waals surface area (Å²) in [6.07, 6.45) is 6.13. The minimum absolute atomic E-state index is 0.142. The van der Waals surface area contributed by atoms with Gasteiger partial charge in [-0.05, 0) is 25.7 Å². The largest absolute Gasteiger partial charge is 0.479 e. The Kier molecular flexibility index (Phi) is 6.66. The van der Waals surface area contributed by atoms with E-state index in [-0.39, 0.29) is 25.0 Å². The molecule has 0 radical (unpaired) electrons. The number of carboxylic acids is 1. The Bertz CT molecular complexity index is 542. The lowest BCUT2D eigenvalue weighted by Crippen LogP contribution is -2.76. The fourth-order valence-corrected chi connectivity index (χ4v) is 4.22. The first kappa shape index (κ1) is 20.7. The molecule has 2 atom stereocenters. The van der Waals surface area contributed by atoms with Crippen LogP contribution >= 0.6 is 0 Å². The summed E-state index contributed by atoms with van der Waals surface area (Å²) in [6, 6.07) is 0. The zero-order valence-electron chi connectivity index (χ0n) is 16.1. The molecule has 2 fully saturated rings. The van der Waals surface area contributed by atoms with Crippen LogP contribution in [0.15, 0.2) is 0 Å². The minimum atomic E-state index is -1.36. The first-order valence-corrected chi connectivity index (χ1v) is 9.65. The molecule has 0 aromatic carbocycles. The maximum absolute atomic E-state index is 12.3. The van der Waals surface area contributed by atoms with Crippen LogP contribution in [0.2, 0.25) is 0 Å². The van der Waals surface area contributed by atoms with Gasteiger partial charge in [-0.3, -0.25) is 9.59 Å². The molecule has 0 spiro atoms. The molecule has 3 N–H and O–H groups in total. The highest BCUT2D eigenvalue weighted by Crippen LogP contribution is 2.51. The van der Waals surface area contributed by atoms with E-state index in [1.165, 1.54) is 6.42 Å². The van der Waals surface area contributed by atoms with Crippen molar-refractivity contribution >= 4 is 17.8 Å². The number of hydrogen-bond donors (Lipinski definition) is 3. The van der Waals surface area contributed by atoms with E-state index in [1.807, 2.05) is 6.92 Å². The summed E-state index contributed by atoms with van der Waals surface area (Å²) in [4.78, 5) is 36.2. The number of carbonyl (C=O) groups excluding carboxylic acids is 2. The second-order valence-corrected chi connectivity index (χ2v) is 8.11. The van der Waals surface area contributed by atoms with E-state index < -0.39 is 22.8 Å². The summed E-state index contributed by atoms with van der Waals surface area (Å²) < 4.78 is 5.58.